The van der Waals surface area contributed by atoms with E-state index in [0.717, 1.165) is 5.54 Å². The van der Waals surface area contributed by atoms with Crippen LogP contribution in [0.25, 0.3) is 0 Å². The van der Waals surface area contributed by atoms with Crippen molar-refractivity contribution in [3.63, 3.8) is 0 Å². The zero-order valence-electron chi connectivity index (χ0n) is 7.65. The maximum atomic E-state index is 10.0. The second-order valence-electron chi connectivity index (χ2n) is 2.53. The molecule has 0 unspecified atom stereocenters. The first-order chi connectivity index (χ1) is 7.27. The highest BCUT2D eigenvalue weighted by molar-refractivity contribution is 6.35. The van der Waals surface area contributed by atoms with Gasteiger partial charge in [-0.15, -0.1) is 0 Å². The molecule has 0 spiro atoms. The first-order valence-electron chi connectivity index (χ1n) is 4.05. The van der Waals surface area contributed by atoms with Crippen molar-refractivity contribution in [1.82, 2.24) is 0 Å². The molecule has 0 fully saturated rings. The van der Waals surface area contributed by atoms with Gasteiger partial charge in [0.15, 0.2) is 0 Å². The third kappa shape index (κ3) is 3.81. The van der Waals surface area contributed by atoms with E-state index in [-0.39, 0.29) is 11.8 Å². The lowest BCUT2D eigenvalue weighted by molar-refractivity contribution is -0.129. The zero-order chi connectivity index (χ0) is 11.1. The van der Waals surface area contributed by atoms with E-state index in [0.29, 0.717) is 17.8 Å². The van der Waals surface area contributed by atoms with Crippen LogP contribution in [0.1, 0.15) is 5.56 Å². The highest BCUT2D eigenvalue weighted by Crippen LogP contribution is 2.22. The van der Waals surface area contributed by atoms with E-state index in [4.69, 9.17) is 27.9 Å². The molecule has 0 amide bonds. The van der Waals surface area contributed by atoms with Crippen molar-refractivity contribution < 1.29 is 14.3 Å². The summed E-state index contributed by atoms with van der Waals surface area (Å²) in [4.78, 5) is 10.0. The van der Waals surface area contributed by atoms with E-state index in [2.05, 4.69) is 4.74 Å². The molecule has 0 aliphatic carbocycles. The van der Waals surface area contributed by atoms with Crippen LogP contribution in [0.15, 0.2) is 35.0 Å². The van der Waals surface area contributed by atoms with Gasteiger partial charge < -0.3 is 9.47 Å². The number of carbonyl (C=O) groups is 1. The average molecular weight is 247 g/mol. The van der Waals surface area contributed by atoms with Gasteiger partial charge in [0.2, 0.25) is 5.22 Å². The van der Waals surface area contributed by atoms with Gasteiger partial charge in [-0.05, 0) is 17.7 Å². The summed E-state index contributed by atoms with van der Waals surface area (Å²) in [6.07, 6.45) is 0. The van der Waals surface area contributed by atoms with Gasteiger partial charge in [0.1, 0.15) is 12.4 Å². The molecule has 1 aromatic carbocycles. The van der Waals surface area contributed by atoms with Crippen molar-refractivity contribution in [2.45, 2.75) is 6.61 Å². The van der Waals surface area contributed by atoms with Crippen LogP contribution in [-0.2, 0) is 16.1 Å². The third-order valence-corrected chi connectivity index (χ3v) is 2.07. The van der Waals surface area contributed by atoms with Gasteiger partial charge in [0.05, 0.1) is 5.54 Å². The monoisotopic (exact) mass is 246 g/mol. The summed E-state index contributed by atoms with van der Waals surface area (Å²) in [5.41, 5.74) is 1.82. The number of benzene rings is 1. The Morgan fingerprint density at radius 2 is 2.13 bits per heavy atom. The molecule has 0 heterocycles. The van der Waals surface area contributed by atoms with E-state index in [1.54, 1.807) is 24.3 Å². The van der Waals surface area contributed by atoms with Crippen molar-refractivity contribution in [2.75, 3.05) is 0 Å². The van der Waals surface area contributed by atoms with Gasteiger partial charge in [-0.1, -0.05) is 29.8 Å². The summed E-state index contributed by atoms with van der Waals surface area (Å²) < 4.78 is 9.81. The lowest BCUT2D eigenvalue weighted by Gasteiger charge is -2.08. The molecule has 1 aromatic rings. The van der Waals surface area contributed by atoms with Crippen molar-refractivity contribution in [1.29, 1.82) is 0 Å². The van der Waals surface area contributed by atoms with Gasteiger partial charge in [-0.2, -0.15) is 0 Å². The van der Waals surface area contributed by atoms with Crippen LogP contribution in [0.5, 0.6) is 5.75 Å². The minimum Gasteiger partial charge on any atom is -0.463 e. The van der Waals surface area contributed by atoms with Crippen LogP contribution in [-0.4, -0.2) is 6.47 Å². The molecule has 5 heteroatoms. The predicted octanol–water partition coefficient (Wildman–Crippen LogP) is 3.01. The van der Waals surface area contributed by atoms with Gasteiger partial charge in [-0.25, -0.2) is 0 Å². The molecular formula is C10H8Cl2O3. The first-order valence-corrected chi connectivity index (χ1v) is 4.86. The first kappa shape index (κ1) is 11.9. The number of halogens is 2. The Morgan fingerprint density at radius 3 is 2.80 bits per heavy atom. The average Bonchev–Trinajstić information content (AvgIpc) is 2.28. The Hall–Kier alpha value is -1.19. The van der Waals surface area contributed by atoms with Crippen LogP contribution in [0.3, 0.4) is 0 Å². The second-order valence-corrected chi connectivity index (χ2v) is 3.12. The lowest BCUT2D eigenvalue weighted by atomic mass is 10.2. The zero-order valence-corrected chi connectivity index (χ0v) is 9.16. The van der Waals surface area contributed by atoms with Crippen molar-refractivity contribution >= 4 is 29.7 Å². The fourth-order valence-corrected chi connectivity index (χ4v) is 1.10. The fourth-order valence-electron chi connectivity index (χ4n) is 0.974. The van der Waals surface area contributed by atoms with Crippen LogP contribution in [0, 0.1) is 0 Å². The number of hydrogen-bond donors (Lipinski definition) is 0. The quantitative estimate of drug-likeness (QED) is 0.592. The highest BCUT2D eigenvalue weighted by atomic mass is 35.5. The molecule has 0 aliphatic heterocycles. The minimum absolute atomic E-state index is 0.0511. The SMILES string of the molecule is O=COCc1ccccc1O/C(Cl)=C/Cl. The minimum atomic E-state index is 0.0511. The van der Waals surface area contributed by atoms with Crippen molar-refractivity contribution in [3.05, 3.63) is 40.6 Å². The Balaban J connectivity index is 2.81. The highest BCUT2D eigenvalue weighted by Gasteiger charge is 2.04. The standard InChI is InChI=1S/C10H8Cl2O3/c11-5-10(12)15-9-4-2-1-3-8(9)6-14-7-13/h1-5,7H,6H2/b10-5+. The topological polar surface area (TPSA) is 35.5 Å². The predicted molar refractivity (Wildman–Crippen MR) is 57.7 cm³/mol. The molecule has 0 saturated heterocycles. The molecule has 0 bridgehead atoms. The fraction of sp³-hybridized carbons (Fsp3) is 0.100. The molecule has 0 radical (unpaired) electrons. The Kier molecular flexibility index (Phi) is 5.01. The normalized spacial score (nSPS) is 10.9. The summed E-state index contributed by atoms with van der Waals surface area (Å²) in [5.74, 6) is 0.501. The maximum absolute atomic E-state index is 10.0. The Morgan fingerprint density at radius 1 is 1.40 bits per heavy atom. The van der Waals surface area contributed by atoms with E-state index >= 15 is 0 Å². The summed E-state index contributed by atoms with van der Waals surface area (Å²) in [6.45, 7) is 0.502. The van der Waals surface area contributed by atoms with E-state index in [1.165, 1.54) is 0 Å². The van der Waals surface area contributed by atoms with Gasteiger partial charge >= 0.3 is 0 Å². The maximum Gasteiger partial charge on any atom is 0.293 e. The summed E-state index contributed by atoms with van der Waals surface area (Å²) in [5, 5.41) is 0.0511. The van der Waals surface area contributed by atoms with Crippen LogP contribution >= 0.6 is 23.2 Å². The number of hydrogen-bond acceptors (Lipinski definition) is 3. The summed E-state index contributed by atoms with van der Waals surface area (Å²) in [7, 11) is 0. The molecule has 0 atom stereocenters. The van der Waals surface area contributed by atoms with Gasteiger partial charge in [0, 0.05) is 5.56 Å². The van der Waals surface area contributed by atoms with Gasteiger partial charge in [-0.3, -0.25) is 4.79 Å². The van der Waals surface area contributed by atoms with E-state index in [1.807, 2.05) is 0 Å². The number of para-hydroxylation sites is 1. The molecule has 0 saturated carbocycles. The summed E-state index contributed by atoms with van der Waals surface area (Å²) in [6, 6.07) is 7.04. The number of ether oxygens (including phenoxy) is 2. The summed E-state index contributed by atoms with van der Waals surface area (Å²) >= 11 is 11.0. The Labute approximate surface area is 97.2 Å². The van der Waals surface area contributed by atoms with Crippen molar-refractivity contribution in [2.24, 2.45) is 0 Å². The molecule has 0 N–H and O–H groups in total. The van der Waals surface area contributed by atoms with Crippen LogP contribution in [0.4, 0.5) is 0 Å². The van der Waals surface area contributed by atoms with Gasteiger partial charge in [0.25, 0.3) is 6.47 Å². The number of rotatable bonds is 5. The van der Waals surface area contributed by atoms with Crippen molar-refractivity contribution in [3.8, 4) is 5.75 Å². The Bertz CT molecular complexity index is 363. The molecule has 15 heavy (non-hydrogen) atoms. The molecule has 3 nitrogen and oxygen atoms in total. The second kappa shape index (κ2) is 6.32. The largest absolute Gasteiger partial charge is 0.463 e. The lowest BCUT2D eigenvalue weighted by Crippen LogP contribution is -1.96. The van der Waals surface area contributed by atoms with Crippen LogP contribution in [0.2, 0.25) is 0 Å². The smallest absolute Gasteiger partial charge is 0.293 e. The molecule has 80 valence electrons. The van der Waals surface area contributed by atoms with Crippen LogP contribution < -0.4 is 4.74 Å². The third-order valence-electron chi connectivity index (χ3n) is 1.57. The molecule has 0 aliphatic rings. The molecule has 1 rings (SSSR count). The number of carbonyl (C=O) groups excluding carboxylic acids is 1. The van der Waals surface area contributed by atoms with E-state index < -0.39 is 0 Å². The van der Waals surface area contributed by atoms with E-state index in [9.17, 15) is 4.79 Å². The molecule has 0 aromatic heterocycles. The molecular weight excluding hydrogens is 239 g/mol.